The quantitative estimate of drug-likeness (QED) is 0.813. The number of aromatic nitrogens is 2. The molecule has 0 radical (unpaired) electrons. The summed E-state index contributed by atoms with van der Waals surface area (Å²) in [5.74, 6) is -3.27. The van der Waals surface area contributed by atoms with E-state index < -0.39 is 36.6 Å². The number of carboxylic acid groups (broad SMARTS) is 1. The van der Waals surface area contributed by atoms with Crippen molar-refractivity contribution in [1.29, 1.82) is 0 Å². The second-order valence-electron chi connectivity index (χ2n) is 4.69. The third kappa shape index (κ3) is 2.53. The number of hydrogen-bond donors (Lipinski definition) is 1. The molecule has 0 aliphatic carbocycles. The van der Waals surface area contributed by atoms with Gasteiger partial charge in [-0.15, -0.1) is 11.3 Å². The zero-order chi connectivity index (χ0) is 15.4. The molecule has 1 aliphatic heterocycles. The number of rotatable bonds is 1. The van der Waals surface area contributed by atoms with Crippen molar-refractivity contribution in [3.8, 4) is 0 Å². The number of carbonyl (C=O) groups is 1. The zero-order valence-corrected chi connectivity index (χ0v) is 12.6. The van der Waals surface area contributed by atoms with E-state index in [1.54, 1.807) is 6.07 Å². The molecule has 6 nitrogen and oxygen atoms in total. The van der Waals surface area contributed by atoms with Crippen LogP contribution in [-0.2, 0) is 0 Å². The van der Waals surface area contributed by atoms with Crippen molar-refractivity contribution in [3.05, 3.63) is 26.0 Å². The van der Waals surface area contributed by atoms with Crippen LogP contribution in [0.1, 0.15) is 18.3 Å². The lowest BCUT2D eigenvalue weighted by Crippen LogP contribution is -2.42. The van der Waals surface area contributed by atoms with E-state index in [0.717, 1.165) is 11.3 Å². The minimum absolute atomic E-state index is 0.0980. The first kappa shape index (κ1) is 14.4. The van der Waals surface area contributed by atoms with E-state index in [1.807, 2.05) is 0 Å². The Hall–Kier alpha value is -1.55. The SMILES string of the molecule is O=C([O-])N1CC(F)(F)C[C@H]1c1nc2cc(Br)sc2c(=O)[nH]1. The van der Waals surface area contributed by atoms with Gasteiger partial charge >= 0.3 is 0 Å². The number of nitrogens with one attached hydrogen (secondary N) is 1. The summed E-state index contributed by atoms with van der Waals surface area (Å²) < 4.78 is 27.9. The molecule has 1 saturated heterocycles. The second-order valence-corrected chi connectivity index (χ2v) is 7.12. The standard InChI is InChI=1S/C11H8BrF2N3O3S/c12-6-1-4-7(21-6)9(18)16-8(15-4)5-2-11(13,14)3-17(5)10(19)20/h1,5H,2-3H2,(H,19,20)(H,15,16,18)/p-1/t5-/m0/s1. The molecule has 0 bridgehead atoms. The predicted octanol–water partition coefficient (Wildman–Crippen LogP) is 1.47. The third-order valence-corrected chi connectivity index (χ3v) is 4.82. The number of aromatic amines is 1. The van der Waals surface area contributed by atoms with E-state index in [-0.39, 0.29) is 5.82 Å². The lowest BCUT2D eigenvalue weighted by Gasteiger charge is -2.25. The molecule has 0 spiro atoms. The summed E-state index contributed by atoms with van der Waals surface area (Å²) in [5.41, 5.74) is -0.154. The normalized spacial score (nSPS) is 21.1. The summed E-state index contributed by atoms with van der Waals surface area (Å²) in [4.78, 5) is 29.9. The predicted molar refractivity (Wildman–Crippen MR) is 72.3 cm³/mol. The highest BCUT2D eigenvalue weighted by Crippen LogP contribution is 2.39. The van der Waals surface area contributed by atoms with Gasteiger partial charge in [0.05, 0.1) is 21.9 Å². The van der Waals surface area contributed by atoms with Gasteiger partial charge in [-0.3, -0.25) is 4.79 Å². The third-order valence-electron chi connectivity index (χ3n) is 3.19. The van der Waals surface area contributed by atoms with E-state index in [1.165, 1.54) is 0 Å². The molecule has 1 atom stereocenters. The monoisotopic (exact) mass is 378 g/mol. The van der Waals surface area contributed by atoms with Crippen LogP contribution in [0.15, 0.2) is 14.6 Å². The summed E-state index contributed by atoms with van der Waals surface area (Å²) in [5, 5.41) is 11.0. The minimum Gasteiger partial charge on any atom is -0.530 e. The highest BCUT2D eigenvalue weighted by molar-refractivity contribution is 9.11. The first-order valence-electron chi connectivity index (χ1n) is 5.81. The topological polar surface area (TPSA) is 89.1 Å². The van der Waals surface area contributed by atoms with Gasteiger partial charge in [-0.25, -0.2) is 13.8 Å². The van der Waals surface area contributed by atoms with E-state index in [9.17, 15) is 23.5 Å². The van der Waals surface area contributed by atoms with Gasteiger partial charge in [0.2, 0.25) is 0 Å². The number of H-pyrrole nitrogens is 1. The Morgan fingerprint density at radius 2 is 2.33 bits per heavy atom. The van der Waals surface area contributed by atoms with Crippen LogP contribution in [0, 0.1) is 0 Å². The minimum atomic E-state index is -3.17. The molecule has 1 fully saturated rings. The molecule has 1 N–H and O–H groups in total. The van der Waals surface area contributed by atoms with Crippen LogP contribution in [0.5, 0.6) is 0 Å². The lowest BCUT2D eigenvalue weighted by molar-refractivity contribution is -0.267. The van der Waals surface area contributed by atoms with Crippen LogP contribution in [0.25, 0.3) is 10.2 Å². The summed E-state index contributed by atoms with van der Waals surface area (Å²) in [6, 6.07) is 0.357. The number of likely N-dealkylation sites (tertiary alicyclic amines) is 1. The number of halogens is 3. The highest BCUT2D eigenvalue weighted by Gasteiger charge is 2.46. The van der Waals surface area contributed by atoms with E-state index in [2.05, 4.69) is 25.9 Å². The fourth-order valence-corrected chi connectivity index (χ4v) is 3.76. The number of amides is 1. The maximum atomic E-state index is 13.5. The van der Waals surface area contributed by atoms with Crippen molar-refractivity contribution in [2.75, 3.05) is 6.54 Å². The first-order valence-corrected chi connectivity index (χ1v) is 7.42. The second kappa shape index (κ2) is 4.73. The molecule has 2 aromatic heterocycles. The zero-order valence-electron chi connectivity index (χ0n) is 10.2. The van der Waals surface area contributed by atoms with Gasteiger partial charge < -0.3 is 19.8 Å². The average molecular weight is 379 g/mol. The van der Waals surface area contributed by atoms with Crippen LogP contribution in [0.3, 0.4) is 0 Å². The van der Waals surface area contributed by atoms with Crippen molar-refractivity contribution < 1.29 is 18.7 Å². The number of carbonyl (C=O) groups excluding carboxylic acids is 1. The highest BCUT2D eigenvalue weighted by atomic mass is 79.9. The molecular formula is C11H7BrF2N3O3S-. The van der Waals surface area contributed by atoms with Crippen molar-refractivity contribution in [1.82, 2.24) is 14.9 Å². The van der Waals surface area contributed by atoms with Crippen LogP contribution >= 0.6 is 27.3 Å². The molecule has 112 valence electrons. The van der Waals surface area contributed by atoms with E-state index >= 15 is 0 Å². The molecule has 2 aromatic rings. The fourth-order valence-electron chi connectivity index (χ4n) is 2.34. The largest absolute Gasteiger partial charge is 0.530 e. The molecule has 0 aromatic carbocycles. The van der Waals surface area contributed by atoms with Crippen LogP contribution in [0.2, 0.25) is 0 Å². The summed E-state index contributed by atoms with van der Waals surface area (Å²) in [7, 11) is 0. The van der Waals surface area contributed by atoms with Crippen LogP contribution < -0.4 is 10.7 Å². The smallest absolute Gasteiger partial charge is 0.268 e. The van der Waals surface area contributed by atoms with Gasteiger partial charge in [-0.1, -0.05) is 0 Å². The van der Waals surface area contributed by atoms with Gasteiger partial charge in [0.15, 0.2) is 0 Å². The molecule has 0 saturated carbocycles. The van der Waals surface area contributed by atoms with E-state index in [4.69, 9.17) is 0 Å². The Morgan fingerprint density at radius 3 is 3.00 bits per heavy atom. The molecular weight excluding hydrogens is 372 g/mol. The number of nitrogens with zero attached hydrogens (tertiary/aromatic N) is 2. The van der Waals surface area contributed by atoms with Gasteiger partial charge in [0.25, 0.3) is 11.5 Å². The molecule has 3 rings (SSSR count). The Morgan fingerprint density at radius 1 is 1.62 bits per heavy atom. The molecule has 21 heavy (non-hydrogen) atoms. The number of thiophene rings is 1. The van der Waals surface area contributed by atoms with Gasteiger partial charge in [0, 0.05) is 6.42 Å². The summed E-state index contributed by atoms with van der Waals surface area (Å²) in [6.45, 7) is -0.963. The van der Waals surface area contributed by atoms with Gasteiger partial charge in [-0.05, 0) is 22.0 Å². The van der Waals surface area contributed by atoms with Crippen molar-refractivity contribution in [2.24, 2.45) is 0 Å². The number of hydrogen-bond acceptors (Lipinski definition) is 5. The van der Waals surface area contributed by atoms with Crippen molar-refractivity contribution in [3.63, 3.8) is 0 Å². The molecule has 10 heteroatoms. The molecule has 1 aliphatic rings. The Kier molecular flexibility index (Phi) is 3.24. The molecule has 1 amide bonds. The van der Waals surface area contributed by atoms with Crippen LogP contribution in [-0.4, -0.2) is 33.4 Å². The van der Waals surface area contributed by atoms with Gasteiger partial charge in [-0.2, -0.15) is 0 Å². The first-order chi connectivity index (χ1) is 9.77. The summed E-state index contributed by atoms with van der Waals surface area (Å²) >= 11 is 4.37. The summed E-state index contributed by atoms with van der Waals surface area (Å²) in [6.07, 6.45) is -2.45. The molecule has 3 heterocycles. The maximum absolute atomic E-state index is 13.5. The Bertz CT molecular complexity index is 791. The average Bonchev–Trinajstić information content (AvgIpc) is 2.88. The number of fused-ring (bicyclic) bond motifs is 1. The van der Waals surface area contributed by atoms with Gasteiger partial charge in [0.1, 0.15) is 16.6 Å². The van der Waals surface area contributed by atoms with E-state index in [0.29, 0.717) is 18.9 Å². The Labute approximate surface area is 128 Å². The van der Waals surface area contributed by atoms with Crippen molar-refractivity contribution >= 4 is 43.6 Å². The fraction of sp³-hybridized carbons (Fsp3) is 0.364. The Balaban J connectivity index is 2.10. The maximum Gasteiger partial charge on any atom is 0.268 e. The lowest BCUT2D eigenvalue weighted by atomic mass is 10.2. The van der Waals surface area contributed by atoms with Crippen LogP contribution in [0.4, 0.5) is 13.6 Å². The number of alkyl halides is 2. The molecule has 0 unspecified atom stereocenters. The van der Waals surface area contributed by atoms with Crippen molar-refractivity contribution in [2.45, 2.75) is 18.4 Å².